The van der Waals surface area contributed by atoms with Crippen LogP contribution in [0.5, 0.6) is 17.2 Å². The van der Waals surface area contributed by atoms with Crippen molar-refractivity contribution in [2.45, 2.75) is 0 Å². The highest BCUT2D eigenvalue weighted by atomic mass is 19.2. The average molecular weight is 452 g/mol. The Hall–Kier alpha value is -3.51. The quantitative estimate of drug-likeness (QED) is 0.215. The van der Waals surface area contributed by atoms with Gasteiger partial charge in [0.1, 0.15) is 23.1 Å². The van der Waals surface area contributed by atoms with Crippen molar-refractivity contribution >= 4 is 7.32 Å². The topological polar surface area (TPSA) is 27.7 Å². The zero-order valence-corrected chi connectivity index (χ0v) is 14.7. The van der Waals surface area contributed by atoms with Crippen molar-refractivity contribution in [3.05, 3.63) is 88.8 Å². The average Bonchev–Trinajstić information content (AvgIpc) is 2.72. The highest BCUT2D eigenvalue weighted by molar-refractivity contribution is 6.39. The molecule has 3 aromatic carbocycles. The van der Waals surface area contributed by atoms with Gasteiger partial charge in [0, 0.05) is 12.1 Å². The van der Waals surface area contributed by atoms with E-state index in [1.165, 1.54) is 0 Å². The molecular formula is C18H6BF9O3. The number of hydrogen-bond donors (Lipinski definition) is 0. The van der Waals surface area contributed by atoms with Gasteiger partial charge in [0.05, 0.1) is 0 Å². The zero-order valence-electron chi connectivity index (χ0n) is 14.7. The van der Waals surface area contributed by atoms with Gasteiger partial charge in [-0.1, -0.05) is 0 Å². The number of halogens is 9. The van der Waals surface area contributed by atoms with Crippen LogP contribution in [0, 0.1) is 52.4 Å². The lowest BCUT2D eigenvalue weighted by Crippen LogP contribution is -2.38. The first-order valence-corrected chi connectivity index (χ1v) is 8.00. The van der Waals surface area contributed by atoms with Crippen LogP contribution in [0.15, 0.2) is 36.4 Å². The second kappa shape index (κ2) is 8.70. The van der Waals surface area contributed by atoms with E-state index in [0.29, 0.717) is 30.3 Å². The summed E-state index contributed by atoms with van der Waals surface area (Å²) in [6, 6.07) is 2.30. The summed E-state index contributed by atoms with van der Waals surface area (Å²) in [5.41, 5.74) is 0. The molecule has 3 rings (SSSR count). The van der Waals surface area contributed by atoms with Gasteiger partial charge >= 0.3 is 7.32 Å². The van der Waals surface area contributed by atoms with Crippen LogP contribution in [0.4, 0.5) is 39.5 Å². The molecule has 0 unspecified atom stereocenters. The van der Waals surface area contributed by atoms with Crippen molar-refractivity contribution in [2.24, 2.45) is 0 Å². The summed E-state index contributed by atoms with van der Waals surface area (Å²) in [4.78, 5) is 0. The standard InChI is InChI=1S/C18H6BF9O3/c20-7-5-10(23)14(24)13(6-7)31-19(29-11-3-1-8(21)15(25)17(11)27)30-12-4-2-9(22)16(26)18(12)28/h1-6H. The summed E-state index contributed by atoms with van der Waals surface area (Å²) in [5.74, 6) is -19.4. The fraction of sp³-hybridized carbons (Fsp3) is 0. The molecule has 0 aliphatic heterocycles. The van der Waals surface area contributed by atoms with Gasteiger partial charge in [0.15, 0.2) is 34.9 Å². The molecular weight excluding hydrogens is 446 g/mol. The predicted octanol–water partition coefficient (Wildman–Crippen LogP) is 5.46. The summed E-state index contributed by atoms with van der Waals surface area (Å²) in [6.07, 6.45) is 0. The lowest BCUT2D eigenvalue weighted by atomic mass is 10.1. The second-order valence-electron chi connectivity index (χ2n) is 5.69. The third kappa shape index (κ3) is 4.65. The van der Waals surface area contributed by atoms with E-state index in [9.17, 15) is 39.5 Å². The maximum absolute atomic E-state index is 13.9. The smallest absolute Gasteiger partial charge is 0.487 e. The van der Waals surface area contributed by atoms with Gasteiger partial charge in [-0.15, -0.1) is 0 Å². The van der Waals surface area contributed by atoms with E-state index in [1.54, 1.807) is 0 Å². The molecule has 0 fully saturated rings. The zero-order chi connectivity index (χ0) is 22.9. The number of benzene rings is 3. The summed E-state index contributed by atoms with van der Waals surface area (Å²) in [6.45, 7) is 0. The minimum Gasteiger partial charge on any atom is -0.487 e. The van der Waals surface area contributed by atoms with E-state index in [4.69, 9.17) is 14.0 Å². The Morgan fingerprint density at radius 1 is 0.452 bits per heavy atom. The molecule has 0 saturated heterocycles. The molecule has 0 radical (unpaired) electrons. The van der Waals surface area contributed by atoms with Gasteiger partial charge in [-0.05, 0) is 24.3 Å². The third-order valence-corrected chi connectivity index (χ3v) is 3.63. The first-order valence-electron chi connectivity index (χ1n) is 8.00. The fourth-order valence-electron chi connectivity index (χ4n) is 2.20. The van der Waals surface area contributed by atoms with Crippen LogP contribution >= 0.6 is 0 Å². The minimum atomic E-state index is -2.55. The first-order chi connectivity index (χ1) is 14.6. The molecule has 31 heavy (non-hydrogen) atoms. The summed E-state index contributed by atoms with van der Waals surface area (Å²) in [5, 5.41) is 0. The van der Waals surface area contributed by atoms with Crippen molar-refractivity contribution in [3.8, 4) is 17.2 Å². The molecule has 3 nitrogen and oxygen atoms in total. The highest BCUT2D eigenvalue weighted by Gasteiger charge is 2.35. The van der Waals surface area contributed by atoms with Crippen molar-refractivity contribution in [3.63, 3.8) is 0 Å². The molecule has 0 atom stereocenters. The Kier molecular flexibility index (Phi) is 6.23. The van der Waals surface area contributed by atoms with Crippen molar-refractivity contribution in [1.29, 1.82) is 0 Å². The van der Waals surface area contributed by atoms with E-state index in [2.05, 4.69) is 0 Å². The second-order valence-corrected chi connectivity index (χ2v) is 5.69. The number of hydrogen-bond acceptors (Lipinski definition) is 3. The van der Waals surface area contributed by atoms with Gasteiger partial charge in [0.2, 0.25) is 11.6 Å². The fourth-order valence-corrected chi connectivity index (χ4v) is 2.20. The van der Waals surface area contributed by atoms with Crippen molar-refractivity contribution in [2.75, 3.05) is 0 Å². The molecule has 0 aliphatic carbocycles. The van der Waals surface area contributed by atoms with Crippen LogP contribution in [0.2, 0.25) is 0 Å². The van der Waals surface area contributed by atoms with Crippen LogP contribution < -0.4 is 14.0 Å². The molecule has 0 N–H and O–H groups in total. The van der Waals surface area contributed by atoms with Crippen molar-refractivity contribution < 1.29 is 53.5 Å². The minimum absolute atomic E-state index is 0.142. The lowest BCUT2D eigenvalue weighted by molar-refractivity contribution is 0.278. The van der Waals surface area contributed by atoms with E-state index in [-0.39, 0.29) is 6.07 Å². The third-order valence-electron chi connectivity index (χ3n) is 3.63. The molecule has 0 amide bonds. The van der Waals surface area contributed by atoms with E-state index in [0.717, 1.165) is 0 Å². The van der Waals surface area contributed by atoms with E-state index in [1.807, 2.05) is 0 Å². The summed E-state index contributed by atoms with van der Waals surface area (Å²) >= 11 is 0. The Labute approximate surface area is 167 Å². The Balaban J connectivity index is 2.00. The Morgan fingerprint density at radius 3 is 1.39 bits per heavy atom. The summed E-state index contributed by atoms with van der Waals surface area (Å²) < 4.78 is 135. The normalized spacial score (nSPS) is 10.7. The molecule has 0 aliphatic rings. The largest absolute Gasteiger partial charge is 0.864 e. The van der Waals surface area contributed by atoms with Gasteiger partial charge < -0.3 is 14.0 Å². The molecule has 3 aromatic rings. The molecule has 0 saturated carbocycles. The molecule has 0 spiro atoms. The summed E-state index contributed by atoms with van der Waals surface area (Å²) in [7, 11) is -2.55. The molecule has 0 heterocycles. The van der Waals surface area contributed by atoms with Crippen molar-refractivity contribution in [1.82, 2.24) is 0 Å². The number of rotatable bonds is 6. The SMILES string of the molecule is Fc1cc(F)c(F)c(OB(Oc2ccc(F)c(F)c2F)Oc2ccc(F)c(F)c2F)c1. The van der Waals surface area contributed by atoms with E-state index >= 15 is 0 Å². The van der Waals surface area contributed by atoms with Crippen LogP contribution in [0.25, 0.3) is 0 Å². The Morgan fingerprint density at radius 2 is 0.903 bits per heavy atom. The van der Waals surface area contributed by atoms with E-state index < -0.39 is 76.9 Å². The maximum atomic E-state index is 13.9. The Bertz CT molecular complexity index is 1080. The molecule has 13 heteroatoms. The van der Waals surface area contributed by atoms with Gasteiger partial charge in [0.25, 0.3) is 0 Å². The molecule has 0 bridgehead atoms. The molecule has 0 aromatic heterocycles. The first kappa shape index (κ1) is 22.2. The maximum Gasteiger partial charge on any atom is 0.864 e. The van der Waals surface area contributed by atoms with Gasteiger partial charge in [-0.2, -0.15) is 13.2 Å². The highest BCUT2D eigenvalue weighted by Crippen LogP contribution is 2.28. The molecule has 162 valence electrons. The van der Waals surface area contributed by atoms with Crippen LogP contribution in [-0.4, -0.2) is 7.32 Å². The predicted molar refractivity (Wildman–Crippen MR) is 86.6 cm³/mol. The van der Waals surface area contributed by atoms with Crippen LogP contribution in [0.3, 0.4) is 0 Å². The monoisotopic (exact) mass is 452 g/mol. The van der Waals surface area contributed by atoms with Gasteiger partial charge in [-0.3, -0.25) is 0 Å². The lowest BCUT2D eigenvalue weighted by Gasteiger charge is -2.18. The van der Waals surface area contributed by atoms with Crippen LogP contribution in [-0.2, 0) is 0 Å². The van der Waals surface area contributed by atoms with Crippen LogP contribution in [0.1, 0.15) is 0 Å². The van der Waals surface area contributed by atoms with Gasteiger partial charge in [-0.25, -0.2) is 26.3 Å².